The fraction of sp³-hybridized carbons (Fsp3) is 0.500. The van der Waals surface area contributed by atoms with E-state index in [1.54, 1.807) is 16.8 Å². The minimum absolute atomic E-state index is 0.00979. The van der Waals surface area contributed by atoms with Gasteiger partial charge in [-0.1, -0.05) is 94.3 Å². The van der Waals surface area contributed by atoms with Crippen molar-refractivity contribution < 1.29 is 9.90 Å². The fourth-order valence-electron chi connectivity index (χ4n) is 5.34. The second-order valence-electron chi connectivity index (χ2n) is 10.2. The molecule has 2 aromatic carbocycles. The second kappa shape index (κ2) is 12.7. The van der Waals surface area contributed by atoms with Gasteiger partial charge in [0.05, 0.1) is 12.1 Å². The predicted octanol–water partition coefficient (Wildman–Crippen LogP) is 6.55. The van der Waals surface area contributed by atoms with Crippen molar-refractivity contribution in [3.05, 3.63) is 76.0 Å². The number of aromatic carboxylic acids is 1. The minimum Gasteiger partial charge on any atom is -0.478 e. The second-order valence-corrected chi connectivity index (χ2v) is 10.2. The molecule has 1 N–H and O–H groups in total. The lowest BCUT2D eigenvalue weighted by atomic mass is 9.89. The van der Waals surface area contributed by atoms with Gasteiger partial charge in [0.25, 0.3) is 0 Å². The van der Waals surface area contributed by atoms with E-state index < -0.39 is 5.97 Å². The Labute approximate surface area is 214 Å². The van der Waals surface area contributed by atoms with Crippen molar-refractivity contribution in [3.63, 3.8) is 0 Å². The zero-order chi connectivity index (χ0) is 25.3. The smallest absolute Gasteiger partial charge is 0.346 e. The number of carboxylic acids is 1. The summed E-state index contributed by atoms with van der Waals surface area (Å²) in [6.45, 7) is 3.42. The van der Waals surface area contributed by atoms with E-state index in [0.29, 0.717) is 18.0 Å². The summed E-state index contributed by atoms with van der Waals surface area (Å²) in [6.07, 6.45) is 12.9. The Bertz CT molecular complexity index is 1190. The Morgan fingerprint density at radius 2 is 1.69 bits per heavy atom. The lowest BCUT2D eigenvalue weighted by Gasteiger charge is -2.20. The van der Waals surface area contributed by atoms with Gasteiger partial charge in [0.15, 0.2) is 0 Å². The number of rotatable bonds is 12. The van der Waals surface area contributed by atoms with Crippen LogP contribution in [0.3, 0.4) is 0 Å². The molecule has 1 saturated carbocycles. The van der Waals surface area contributed by atoms with Crippen molar-refractivity contribution in [3.8, 4) is 11.1 Å². The first-order valence-corrected chi connectivity index (χ1v) is 13.6. The molecule has 1 aliphatic rings. The SMILES string of the molecule is CCCCCCCc1nn(CC2CCCCC2)c(=O)n1Cc1ccc(-c2ccccc2C(=O)O)cc1. The van der Waals surface area contributed by atoms with Crippen molar-refractivity contribution in [2.45, 2.75) is 90.6 Å². The van der Waals surface area contributed by atoms with E-state index in [2.05, 4.69) is 6.92 Å². The van der Waals surface area contributed by atoms with Crippen molar-refractivity contribution in [2.24, 2.45) is 5.92 Å². The van der Waals surface area contributed by atoms with Crippen LogP contribution in [0.5, 0.6) is 0 Å². The Morgan fingerprint density at radius 3 is 2.42 bits per heavy atom. The molecule has 0 spiro atoms. The average Bonchev–Trinajstić information content (AvgIpc) is 3.18. The number of hydrogen-bond donors (Lipinski definition) is 1. The monoisotopic (exact) mass is 489 g/mol. The van der Waals surface area contributed by atoms with Gasteiger partial charge in [-0.05, 0) is 47.9 Å². The maximum atomic E-state index is 13.4. The summed E-state index contributed by atoms with van der Waals surface area (Å²) in [6, 6.07) is 14.9. The molecule has 1 aromatic heterocycles. The Morgan fingerprint density at radius 1 is 0.972 bits per heavy atom. The lowest BCUT2D eigenvalue weighted by molar-refractivity contribution is 0.0697. The molecule has 1 heterocycles. The molecule has 36 heavy (non-hydrogen) atoms. The Hall–Kier alpha value is -3.15. The quantitative estimate of drug-likeness (QED) is 0.293. The summed E-state index contributed by atoms with van der Waals surface area (Å²) in [7, 11) is 0. The lowest BCUT2D eigenvalue weighted by Crippen LogP contribution is -2.29. The van der Waals surface area contributed by atoms with E-state index in [0.717, 1.165) is 42.8 Å². The number of benzene rings is 2. The highest BCUT2D eigenvalue weighted by molar-refractivity contribution is 5.95. The maximum Gasteiger partial charge on any atom is 0.346 e. The predicted molar refractivity (Wildman–Crippen MR) is 143 cm³/mol. The summed E-state index contributed by atoms with van der Waals surface area (Å²) in [5.74, 6) is 0.494. The van der Waals surface area contributed by atoms with Crippen molar-refractivity contribution in [1.29, 1.82) is 0 Å². The first-order chi connectivity index (χ1) is 17.6. The topological polar surface area (TPSA) is 77.1 Å². The van der Waals surface area contributed by atoms with Gasteiger partial charge in [-0.3, -0.25) is 4.57 Å². The van der Waals surface area contributed by atoms with Crippen molar-refractivity contribution in [2.75, 3.05) is 0 Å². The third-order valence-corrected chi connectivity index (χ3v) is 7.42. The summed E-state index contributed by atoms with van der Waals surface area (Å²) < 4.78 is 3.57. The normalized spacial score (nSPS) is 14.2. The zero-order valence-electron chi connectivity index (χ0n) is 21.5. The van der Waals surface area contributed by atoms with Gasteiger partial charge in [0.2, 0.25) is 0 Å². The highest BCUT2D eigenvalue weighted by Gasteiger charge is 2.19. The van der Waals surface area contributed by atoms with Crippen LogP contribution in [0.1, 0.15) is 92.9 Å². The van der Waals surface area contributed by atoms with Gasteiger partial charge in [-0.25, -0.2) is 14.3 Å². The van der Waals surface area contributed by atoms with E-state index in [1.165, 1.54) is 51.4 Å². The van der Waals surface area contributed by atoms with Crippen LogP contribution in [0.15, 0.2) is 53.3 Å². The average molecular weight is 490 g/mol. The first-order valence-electron chi connectivity index (χ1n) is 13.6. The van der Waals surface area contributed by atoms with Gasteiger partial charge >= 0.3 is 11.7 Å². The van der Waals surface area contributed by atoms with Crippen LogP contribution in [0.25, 0.3) is 11.1 Å². The summed E-state index contributed by atoms with van der Waals surface area (Å²) in [4.78, 5) is 25.0. The summed E-state index contributed by atoms with van der Waals surface area (Å²) in [5.41, 5.74) is 2.84. The van der Waals surface area contributed by atoms with Crippen LogP contribution in [-0.2, 0) is 19.5 Å². The number of carbonyl (C=O) groups is 1. The maximum absolute atomic E-state index is 13.4. The van der Waals surface area contributed by atoms with E-state index in [-0.39, 0.29) is 11.3 Å². The van der Waals surface area contributed by atoms with Gasteiger partial charge in [0, 0.05) is 13.0 Å². The molecule has 0 unspecified atom stereocenters. The molecule has 3 aromatic rings. The third kappa shape index (κ3) is 6.54. The molecule has 4 rings (SSSR count). The van der Waals surface area contributed by atoms with Gasteiger partial charge in [0.1, 0.15) is 5.82 Å². The molecule has 1 aliphatic carbocycles. The molecular formula is C30H39N3O3. The molecule has 192 valence electrons. The minimum atomic E-state index is -0.935. The molecule has 0 aliphatic heterocycles. The highest BCUT2D eigenvalue weighted by atomic mass is 16.4. The molecule has 0 saturated heterocycles. The van der Waals surface area contributed by atoms with E-state index in [4.69, 9.17) is 5.10 Å². The summed E-state index contributed by atoms with van der Waals surface area (Å²) >= 11 is 0. The molecule has 1 fully saturated rings. The largest absolute Gasteiger partial charge is 0.478 e. The van der Waals surface area contributed by atoms with E-state index in [9.17, 15) is 14.7 Å². The first kappa shape index (κ1) is 25.9. The Balaban J connectivity index is 1.54. The van der Waals surface area contributed by atoms with Crippen LogP contribution < -0.4 is 5.69 Å². The van der Waals surface area contributed by atoms with Gasteiger partial charge in [-0.15, -0.1) is 0 Å². The molecule has 0 atom stereocenters. The standard InChI is InChI=1S/C30H39N3O3/c1-2-3-4-5-9-16-28-31-33(22-23-12-7-6-8-13-23)30(36)32(28)21-24-17-19-25(20-18-24)26-14-10-11-15-27(26)29(34)35/h10-11,14-15,17-20,23H,2-9,12-13,16,21-22H2,1H3,(H,34,35). The number of aromatic nitrogens is 3. The summed E-state index contributed by atoms with van der Waals surface area (Å²) in [5, 5.41) is 14.3. The van der Waals surface area contributed by atoms with Crippen LogP contribution >= 0.6 is 0 Å². The fourth-order valence-corrected chi connectivity index (χ4v) is 5.34. The molecule has 0 bridgehead atoms. The van der Waals surface area contributed by atoms with Crippen LogP contribution in [0.4, 0.5) is 0 Å². The molecule has 6 nitrogen and oxygen atoms in total. The van der Waals surface area contributed by atoms with Crippen LogP contribution in [0.2, 0.25) is 0 Å². The Kier molecular flexibility index (Phi) is 9.15. The zero-order valence-corrected chi connectivity index (χ0v) is 21.5. The van der Waals surface area contributed by atoms with E-state index in [1.807, 2.05) is 41.0 Å². The third-order valence-electron chi connectivity index (χ3n) is 7.42. The van der Waals surface area contributed by atoms with Crippen LogP contribution in [0, 0.1) is 5.92 Å². The number of nitrogens with zero attached hydrogens (tertiary/aromatic N) is 3. The molecule has 6 heteroatoms. The van der Waals surface area contributed by atoms with Crippen molar-refractivity contribution in [1.82, 2.24) is 14.3 Å². The van der Waals surface area contributed by atoms with Crippen LogP contribution in [-0.4, -0.2) is 25.4 Å². The van der Waals surface area contributed by atoms with E-state index >= 15 is 0 Å². The number of hydrogen-bond acceptors (Lipinski definition) is 3. The number of unbranched alkanes of at least 4 members (excludes halogenated alkanes) is 4. The molecule has 0 amide bonds. The molecule has 0 radical (unpaired) electrons. The number of aryl methyl sites for hydroxylation is 1. The van der Waals surface area contributed by atoms with Gasteiger partial charge in [-0.2, -0.15) is 5.10 Å². The van der Waals surface area contributed by atoms with Gasteiger partial charge < -0.3 is 5.11 Å². The highest BCUT2D eigenvalue weighted by Crippen LogP contribution is 2.26. The number of carboxylic acid groups (broad SMARTS) is 1. The van der Waals surface area contributed by atoms with Crippen molar-refractivity contribution >= 4 is 5.97 Å². The molecular weight excluding hydrogens is 450 g/mol.